The molecule has 28 heavy (non-hydrogen) atoms. The van der Waals surface area contributed by atoms with Gasteiger partial charge in [-0.15, -0.1) is 0 Å². The number of benzene rings is 1. The van der Waals surface area contributed by atoms with Crippen molar-refractivity contribution in [1.29, 1.82) is 0 Å². The van der Waals surface area contributed by atoms with Crippen LogP contribution in [-0.2, 0) is 16.1 Å². The van der Waals surface area contributed by atoms with Crippen LogP contribution in [0.25, 0.3) is 10.9 Å². The van der Waals surface area contributed by atoms with Crippen LogP contribution >= 0.6 is 11.6 Å². The number of pyridine rings is 1. The molecule has 1 aromatic heterocycles. The molecule has 2 aromatic rings. The van der Waals surface area contributed by atoms with Gasteiger partial charge in [0.25, 0.3) is 0 Å². The summed E-state index contributed by atoms with van der Waals surface area (Å²) in [5.74, 6) is 0.936. The lowest BCUT2D eigenvalue weighted by Crippen LogP contribution is -2.56. The van der Waals surface area contributed by atoms with Crippen molar-refractivity contribution < 1.29 is 14.6 Å². The van der Waals surface area contributed by atoms with E-state index in [-0.39, 0.29) is 18.0 Å². The summed E-state index contributed by atoms with van der Waals surface area (Å²) in [6.07, 6.45) is 6.29. The van der Waals surface area contributed by atoms with Crippen molar-refractivity contribution in [1.82, 2.24) is 4.98 Å². The minimum absolute atomic E-state index is 0.0769. The minimum atomic E-state index is -0.551. The van der Waals surface area contributed by atoms with E-state index in [1.165, 1.54) is 6.42 Å². The van der Waals surface area contributed by atoms with Crippen LogP contribution < -0.4 is 0 Å². The molecule has 0 spiro atoms. The molecule has 4 atom stereocenters. The Bertz CT molecular complexity index is 942. The second-order valence-electron chi connectivity index (χ2n) is 9.54. The molecule has 4 saturated carbocycles. The van der Waals surface area contributed by atoms with E-state index in [9.17, 15) is 9.90 Å². The van der Waals surface area contributed by atoms with Crippen LogP contribution in [0.15, 0.2) is 24.3 Å². The Labute approximate surface area is 170 Å². The van der Waals surface area contributed by atoms with E-state index in [1.54, 1.807) is 0 Å². The first-order chi connectivity index (χ1) is 13.3. The van der Waals surface area contributed by atoms with Crippen LogP contribution in [0.4, 0.5) is 0 Å². The molecule has 1 N–H and O–H groups in total. The second kappa shape index (κ2) is 6.43. The van der Waals surface area contributed by atoms with Gasteiger partial charge in [-0.3, -0.25) is 4.79 Å². The zero-order valence-corrected chi connectivity index (χ0v) is 17.0. The van der Waals surface area contributed by atoms with Crippen LogP contribution in [0.2, 0.25) is 5.02 Å². The van der Waals surface area contributed by atoms with Crippen LogP contribution in [0, 0.1) is 24.2 Å². The number of aryl methyl sites for hydroxylation is 1. The summed E-state index contributed by atoms with van der Waals surface area (Å²) in [6.45, 7) is 2.06. The predicted molar refractivity (Wildman–Crippen MR) is 108 cm³/mol. The number of nitrogens with zero attached hydrogens (tertiary/aromatic N) is 1. The van der Waals surface area contributed by atoms with Gasteiger partial charge < -0.3 is 9.84 Å². The monoisotopic (exact) mass is 399 g/mol. The molecule has 4 bridgehead atoms. The van der Waals surface area contributed by atoms with E-state index in [1.807, 2.05) is 31.2 Å². The molecule has 1 aromatic carbocycles. The molecule has 4 aliphatic carbocycles. The zero-order valence-electron chi connectivity index (χ0n) is 16.2. The Morgan fingerprint density at radius 3 is 2.68 bits per heavy atom. The number of para-hydroxylation sites is 1. The van der Waals surface area contributed by atoms with Crippen molar-refractivity contribution in [2.24, 2.45) is 17.3 Å². The smallest absolute Gasteiger partial charge is 0.306 e. The molecule has 0 radical (unpaired) electrons. The molecule has 6 rings (SSSR count). The summed E-state index contributed by atoms with van der Waals surface area (Å²) in [5.41, 5.74) is 1.80. The largest absolute Gasteiger partial charge is 0.459 e. The van der Waals surface area contributed by atoms with Crippen LogP contribution in [0.5, 0.6) is 0 Å². The van der Waals surface area contributed by atoms with Crippen LogP contribution in [0.1, 0.15) is 56.2 Å². The molecule has 4 aliphatic rings. The summed E-state index contributed by atoms with van der Waals surface area (Å²) in [4.78, 5) is 17.3. The van der Waals surface area contributed by atoms with Crippen LogP contribution in [0.3, 0.4) is 0 Å². The van der Waals surface area contributed by atoms with E-state index < -0.39 is 5.60 Å². The van der Waals surface area contributed by atoms with Gasteiger partial charge in [0.05, 0.1) is 28.3 Å². The van der Waals surface area contributed by atoms with Gasteiger partial charge >= 0.3 is 5.97 Å². The number of aliphatic hydroxyl groups is 1. The van der Waals surface area contributed by atoms with E-state index in [4.69, 9.17) is 16.3 Å². The fourth-order valence-electron chi connectivity index (χ4n) is 6.63. The summed E-state index contributed by atoms with van der Waals surface area (Å²) in [6, 6.07) is 7.85. The van der Waals surface area contributed by atoms with E-state index in [0.717, 1.165) is 48.6 Å². The van der Waals surface area contributed by atoms with Crippen molar-refractivity contribution in [2.75, 3.05) is 0 Å². The maximum absolute atomic E-state index is 12.7. The highest BCUT2D eigenvalue weighted by molar-refractivity contribution is 6.32. The van der Waals surface area contributed by atoms with E-state index >= 15 is 0 Å². The number of esters is 1. The van der Waals surface area contributed by atoms with Crippen LogP contribution in [-0.4, -0.2) is 21.7 Å². The highest BCUT2D eigenvalue weighted by atomic mass is 35.5. The van der Waals surface area contributed by atoms with Crippen molar-refractivity contribution >= 4 is 28.5 Å². The Balaban J connectivity index is 1.30. The van der Waals surface area contributed by atoms with Crippen molar-refractivity contribution in [3.63, 3.8) is 0 Å². The first-order valence-electron chi connectivity index (χ1n) is 10.3. The molecular weight excluding hydrogens is 374 g/mol. The number of halogens is 1. The number of carbonyl (C=O) groups is 1. The van der Waals surface area contributed by atoms with Gasteiger partial charge in [-0.1, -0.05) is 29.8 Å². The zero-order chi connectivity index (χ0) is 19.5. The molecule has 0 aliphatic heterocycles. The summed E-state index contributed by atoms with van der Waals surface area (Å²) < 4.78 is 5.62. The maximum atomic E-state index is 12.7. The number of hydrogen-bond acceptors (Lipinski definition) is 4. The highest BCUT2D eigenvalue weighted by Gasteiger charge is 2.57. The number of hydrogen-bond donors (Lipinski definition) is 1. The molecule has 2 unspecified atom stereocenters. The number of carbonyl (C=O) groups excluding carboxylic acids is 1. The average Bonchev–Trinajstić information content (AvgIpc) is 2.61. The average molecular weight is 400 g/mol. The first-order valence-corrected chi connectivity index (χ1v) is 10.6. The topological polar surface area (TPSA) is 59.4 Å². The Hall–Kier alpha value is -1.65. The summed E-state index contributed by atoms with van der Waals surface area (Å²) in [5, 5.41) is 12.5. The van der Waals surface area contributed by atoms with Gasteiger partial charge in [0.15, 0.2) is 0 Å². The predicted octanol–water partition coefficient (Wildman–Crippen LogP) is 4.96. The molecular formula is C23H26ClNO3. The van der Waals surface area contributed by atoms with Crippen molar-refractivity contribution in [3.05, 3.63) is 40.5 Å². The Kier molecular flexibility index (Phi) is 4.22. The number of aromatic nitrogens is 1. The standard InChI is InChI=1S/C23H26ClNO3/c1-14-17-4-2-3-5-18(17)25-19(21(14)24)12-28-20(26)11-22-7-15-6-16(8-22)10-23(27,9-15)13-22/h2-5,15-16,27H,6-13H2,1H3/t15-,16+,22?,23?. The van der Waals surface area contributed by atoms with Gasteiger partial charge in [0.2, 0.25) is 0 Å². The lowest BCUT2D eigenvalue weighted by Gasteiger charge is -2.60. The van der Waals surface area contributed by atoms with Gasteiger partial charge in [0, 0.05) is 5.39 Å². The lowest BCUT2D eigenvalue weighted by molar-refractivity contribution is -0.177. The van der Waals surface area contributed by atoms with Gasteiger partial charge in [-0.05, 0) is 74.3 Å². The second-order valence-corrected chi connectivity index (χ2v) is 9.92. The highest BCUT2D eigenvalue weighted by Crippen LogP contribution is 2.62. The molecule has 4 fully saturated rings. The third-order valence-corrected chi connectivity index (χ3v) is 7.69. The number of rotatable bonds is 4. The van der Waals surface area contributed by atoms with Gasteiger partial charge in [-0.25, -0.2) is 4.98 Å². The minimum Gasteiger partial charge on any atom is -0.459 e. The number of fused-ring (bicyclic) bond motifs is 1. The molecule has 4 nitrogen and oxygen atoms in total. The first kappa shape index (κ1) is 18.4. The molecule has 0 amide bonds. The normalized spacial score (nSPS) is 33.4. The molecule has 148 valence electrons. The summed E-state index contributed by atoms with van der Waals surface area (Å²) >= 11 is 6.49. The SMILES string of the molecule is Cc1c(Cl)c(COC(=O)CC23C[C@@H]4C[C@@H](CC(O)(C4)C2)C3)nc2ccccc12. The fourth-order valence-corrected chi connectivity index (χ4v) is 6.83. The third kappa shape index (κ3) is 3.11. The van der Waals surface area contributed by atoms with Crippen molar-refractivity contribution in [2.45, 2.75) is 64.1 Å². The molecule has 0 saturated heterocycles. The van der Waals surface area contributed by atoms with E-state index in [0.29, 0.717) is 29.0 Å². The van der Waals surface area contributed by atoms with Gasteiger partial charge in [-0.2, -0.15) is 0 Å². The quantitative estimate of drug-likeness (QED) is 0.738. The molecule has 5 heteroatoms. The fraction of sp³-hybridized carbons (Fsp3) is 0.565. The Morgan fingerprint density at radius 2 is 1.96 bits per heavy atom. The number of ether oxygens (including phenoxy) is 1. The third-order valence-electron chi connectivity index (χ3n) is 7.19. The Morgan fingerprint density at radius 1 is 1.25 bits per heavy atom. The summed E-state index contributed by atoms with van der Waals surface area (Å²) in [7, 11) is 0. The molecule has 1 heterocycles. The van der Waals surface area contributed by atoms with E-state index in [2.05, 4.69) is 4.98 Å². The maximum Gasteiger partial charge on any atom is 0.306 e. The van der Waals surface area contributed by atoms with Crippen molar-refractivity contribution in [3.8, 4) is 0 Å². The van der Waals surface area contributed by atoms with Gasteiger partial charge in [0.1, 0.15) is 6.61 Å². The lowest BCUT2D eigenvalue weighted by atomic mass is 9.47.